The Morgan fingerprint density at radius 2 is 2.31 bits per heavy atom. The van der Waals surface area contributed by atoms with Gasteiger partial charge in [0.05, 0.1) is 18.8 Å². The van der Waals surface area contributed by atoms with Gasteiger partial charge in [0, 0.05) is 16.2 Å². The monoisotopic (exact) mass is 196 g/mol. The minimum atomic E-state index is -0.456. The van der Waals surface area contributed by atoms with Crippen molar-refractivity contribution in [1.29, 1.82) is 0 Å². The average Bonchev–Trinajstić information content (AvgIpc) is 2.76. The summed E-state index contributed by atoms with van der Waals surface area (Å²) in [5.41, 5.74) is 0.841. The molecule has 1 aliphatic heterocycles. The first-order chi connectivity index (χ1) is 6.28. The molecule has 70 valence electrons. The van der Waals surface area contributed by atoms with Gasteiger partial charge in [0.25, 0.3) is 0 Å². The minimum absolute atomic E-state index is 0.456. The van der Waals surface area contributed by atoms with Gasteiger partial charge < -0.3 is 9.84 Å². The van der Waals surface area contributed by atoms with Gasteiger partial charge in [0.2, 0.25) is 0 Å². The quantitative estimate of drug-likeness (QED) is 0.742. The molecule has 1 aromatic rings. The Balaban J connectivity index is 2.00. The number of rotatable bonds is 1. The molecule has 1 saturated carbocycles. The molecule has 2 nitrogen and oxygen atoms in total. The summed E-state index contributed by atoms with van der Waals surface area (Å²) in [4.78, 5) is 2.57. The zero-order valence-corrected chi connectivity index (χ0v) is 8.19. The predicted molar refractivity (Wildman–Crippen MR) is 50.8 cm³/mol. The highest BCUT2D eigenvalue weighted by atomic mass is 32.1. The molecule has 1 aromatic heterocycles. The van der Waals surface area contributed by atoms with Gasteiger partial charge in [-0.15, -0.1) is 11.3 Å². The first kappa shape index (κ1) is 7.97. The SMILES string of the molecule is OC1(c2cc3c(s2)CCOC3)CC1. The fourth-order valence-corrected chi connectivity index (χ4v) is 3.04. The number of thiophene rings is 1. The molecule has 1 aliphatic carbocycles. The Morgan fingerprint density at radius 3 is 3.00 bits per heavy atom. The number of ether oxygens (including phenoxy) is 1. The van der Waals surface area contributed by atoms with Gasteiger partial charge in [-0.1, -0.05) is 0 Å². The van der Waals surface area contributed by atoms with Crippen LogP contribution in [-0.2, 0) is 23.4 Å². The molecule has 2 heterocycles. The predicted octanol–water partition coefficient (Wildman–Crippen LogP) is 1.80. The normalized spacial score (nSPS) is 24.1. The Labute approximate surface area is 81.2 Å². The summed E-state index contributed by atoms with van der Waals surface area (Å²) in [5.74, 6) is 0. The average molecular weight is 196 g/mol. The highest BCUT2D eigenvalue weighted by molar-refractivity contribution is 7.12. The van der Waals surface area contributed by atoms with Crippen molar-refractivity contribution in [3.8, 4) is 0 Å². The summed E-state index contributed by atoms with van der Waals surface area (Å²) in [6.45, 7) is 1.58. The summed E-state index contributed by atoms with van der Waals surface area (Å²) in [6.07, 6.45) is 2.90. The van der Waals surface area contributed by atoms with Gasteiger partial charge in [0.1, 0.15) is 0 Å². The maximum Gasteiger partial charge on any atom is 0.0990 e. The van der Waals surface area contributed by atoms with E-state index < -0.39 is 5.60 Å². The van der Waals surface area contributed by atoms with Crippen LogP contribution >= 0.6 is 11.3 Å². The molecule has 1 fully saturated rings. The summed E-state index contributed by atoms with van der Waals surface area (Å²) in [6, 6.07) is 2.13. The van der Waals surface area contributed by atoms with Gasteiger partial charge in [0.15, 0.2) is 0 Å². The van der Waals surface area contributed by atoms with Crippen LogP contribution in [0, 0.1) is 0 Å². The van der Waals surface area contributed by atoms with Crippen molar-refractivity contribution in [3.05, 3.63) is 21.4 Å². The van der Waals surface area contributed by atoms with Gasteiger partial charge in [-0.25, -0.2) is 0 Å². The smallest absolute Gasteiger partial charge is 0.0990 e. The van der Waals surface area contributed by atoms with Gasteiger partial charge >= 0.3 is 0 Å². The molecule has 0 spiro atoms. The minimum Gasteiger partial charge on any atom is -0.384 e. The first-order valence-corrected chi connectivity index (χ1v) is 5.52. The molecule has 0 amide bonds. The fraction of sp³-hybridized carbons (Fsp3) is 0.600. The Bertz CT molecular complexity index is 315. The molecular weight excluding hydrogens is 184 g/mol. The van der Waals surface area contributed by atoms with Crippen LogP contribution < -0.4 is 0 Å². The van der Waals surface area contributed by atoms with Crippen molar-refractivity contribution in [2.45, 2.75) is 31.5 Å². The molecule has 0 aromatic carbocycles. The van der Waals surface area contributed by atoms with E-state index in [4.69, 9.17) is 4.74 Å². The van der Waals surface area contributed by atoms with E-state index in [1.165, 1.54) is 10.4 Å². The maximum atomic E-state index is 9.92. The third-order valence-electron chi connectivity index (χ3n) is 2.81. The Kier molecular flexibility index (Phi) is 1.57. The molecule has 13 heavy (non-hydrogen) atoms. The second kappa shape index (κ2) is 2.56. The van der Waals surface area contributed by atoms with Gasteiger partial charge in [-0.05, 0) is 24.5 Å². The summed E-state index contributed by atoms with van der Waals surface area (Å²) in [7, 11) is 0. The lowest BCUT2D eigenvalue weighted by Crippen LogP contribution is -2.05. The summed E-state index contributed by atoms with van der Waals surface area (Å²) in [5, 5.41) is 9.92. The largest absolute Gasteiger partial charge is 0.384 e. The molecule has 2 aliphatic rings. The lowest BCUT2D eigenvalue weighted by molar-refractivity contribution is 0.112. The van der Waals surface area contributed by atoms with Crippen LogP contribution in [0.2, 0.25) is 0 Å². The number of fused-ring (bicyclic) bond motifs is 1. The molecule has 0 bridgehead atoms. The van der Waals surface area contributed by atoms with Crippen molar-refractivity contribution < 1.29 is 9.84 Å². The van der Waals surface area contributed by atoms with Crippen LogP contribution in [-0.4, -0.2) is 11.7 Å². The van der Waals surface area contributed by atoms with Gasteiger partial charge in [-0.2, -0.15) is 0 Å². The van der Waals surface area contributed by atoms with E-state index in [1.807, 2.05) is 0 Å². The van der Waals surface area contributed by atoms with E-state index in [1.54, 1.807) is 11.3 Å². The highest BCUT2D eigenvalue weighted by Crippen LogP contribution is 2.49. The van der Waals surface area contributed by atoms with E-state index >= 15 is 0 Å². The zero-order valence-electron chi connectivity index (χ0n) is 7.38. The number of aliphatic hydroxyl groups is 1. The Morgan fingerprint density at radius 1 is 1.46 bits per heavy atom. The molecule has 3 heteroatoms. The van der Waals surface area contributed by atoms with Crippen molar-refractivity contribution >= 4 is 11.3 Å². The topological polar surface area (TPSA) is 29.5 Å². The van der Waals surface area contributed by atoms with Gasteiger partial charge in [-0.3, -0.25) is 0 Å². The van der Waals surface area contributed by atoms with Crippen LogP contribution in [0.3, 0.4) is 0 Å². The molecule has 0 radical (unpaired) electrons. The zero-order chi connectivity index (χ0) is 8.89. The molecule has 0 atom stereocenters. The van der Waals surface area contributed by atoms with E-state index in [9.17, 15) is 5.11 Å². The first-order valence-electron chi connectivity index (χ1n) is 4.70. The summed E-state index contributed by atoms with van der Waals surface area (Å²) < 4.78 is 5.37. The van der Waals surface area contributed by atoms with Crippen molar-refractivity contribution in [3.63, 3.8) is 0 Å². The standard InChI is InChI=1S/C10H12O2S/c11-10(2-3-10)9-5-7-6-12-4-1-8(7)13-9/h5,11H,1-4,6H2. The van der Waals surface area contributed by atoms with Crippen LogP contribution in [0.1, 0.15) is 28.2 Å². The third-order valence-corrected chi connectivity index (χ3v) is 4.24. The molecule has 1 N–H and O–H groups in total. The molecule has 0 unspecified atom stereocenters. The van der Waals surface area contributed by atoms with Crippen molar-refractivity contribution in [1.82, 2.24) is 0 Å². The van der Waals surface area contributed by atoms with Crippen LogP contribution in [0.15, 0.2) is 6.07 Å². The molecule has 3 rings (SSSR count). The molecular formula is C10H12O2S. The second-order valence-corrected chi connectivity index (χ2v) is 5.03. The number of hydrogen-bond acceptors (Lipinski definition) is 3. The van der Waals surface area contributed by atoms with E-state index in [2.05, 4.69) is 6.07 Å². The van der Waals surface area contributed by atoms with Crippen molar-refractivity contribution in [2.75, 3.05) is 6.61 Å². The third kappa shape index (κ3) is 1.23. The van der Waals surface area contributed by atoms with E-state index in [0.29, 0.717) is 0 Å². The number of hydrogen-bond donors (Lipinski definition) is 1. The van der Waals surface area contributed by atoms with Crippen molar-refractivity contribution in [2.24, 2.45) is 0 Å². The Hall–Kier alpha value is -0.380. The van der Waals surface area contributed by atoms with Crippen LogP contribution in [0.5, 0.6) is 0 Å². The highest BCUT2D eigenvalue weighted by Gasteiger charge is 2.44. The maximum absolute atomic E-state index is 9.92. The lowest BCUT2D eigenvalue weighted by Gasteiger charge is -2.10. The fourth-order valence-electron chi connectivity index (χ4n) is 1.74. The van der Waals surface area contributed by atoms with Crippen LogP contribution in [0.4, 0.5) is 0 Å². The molecule has 0 saturated heterocycles. The van der Waals surface area contributed by atoms with E-state index in [-0.39, 0.29) is 0 Å². The second-order valence-electron chi connectivity index (χ2n) is 3.89. The van der Waals surface area contributed by atoms with E-state index in [0.717, 1.165) is 37.4 Å². The lowest BCUT2D eigenvalue weighted by atomic mass is 10.1. The van der Waals surface area contributed by atoms with Crippen LogP contribution in [0.25, 0.3) is 0 Å². The summed E-state index contributed by atoms with van der Waals surface area (Å²) >= 11 is 1.77.